The number of hydrogen-bond acceptors (Lipinski definition) is 2. The molecule has 0 amide bonds. The summed E-state index contributed by atoms with van der Waals surface area (Å²) in [4.78, 5) is 0. The molecule has 3 nitrogen and oxygen atoms in total. The Bertz CT molecular complexity index is 702. The van der Waals surface area contributed by atoms with Crippen molar-refractivity contribution in [1.29, 1.82) is 0 Å². The molecule has 0 atom stereocenters. The van der Waals surface area contributed by atoms with E-state index >= 15 is 0 Å². The van der Waals surface area contributed by atoms with Gasteiger partial charge >= 0.3 is 0 Å². The third-order valence-corrected chi connectivity index (χ3v) is 3.28. The quantitative estimate of drug-likeness (QED) is 0.727. The van der Waals surface area contributed by atoms with E-state index in [4.69, 9.17) is 0 Å². The van der Waals surface area contributed by atoms with Crippen LogP contribution < -0.4 is 0 Å². The lowest BCUT2D eigenvalue weighted by Gasteiger charge is -2.04. The highest BCUT2D eigenvalue weighted by atomic mass is 19.1. The molecule has 3 rings (SSSR count). The first kappa shape index (κ1) is 12.5. The Morgan fingerprint density at radius 1 is 1.00 bits per heavy atom. The minimum atomic E-state index is -0.247. The molecule has 1 aromatic heterocycles. The molecule has 1 heterocycles. The van der Waals surface area contributed by atoms with E-state index in [-0.39, 0.29) is 5.82 Å². The molecule has 0 bridgehead atoms. The summed E-state index contributed by atoms with van der Waals surface area (Å²) in [7, 11) is 0. The number of nitrogens with zero attached hydrogens (tertiary/aromatic N) is 3. The predicted molar refractivity (Wildman–Crippen MR) is 75.7 cm³/mol. The fraction of sp³-hybridized carbons (Fsp3) is 0.125. The molecule has 0 spiro atoms. The zero-order chi connectivity index (χ0) is 13.9. The highest BCUT2D eigenvalue weighted by Gasteiger charge is 2.10. The molecule has 4 heteroatoms. The Kier molecular flexibility index (Phi) is 3.29. The molecular weight excluding hydrogens is 253 g/mol. The summed E-state index contributed by atoms with van der Waals surface area (Å²) < 4.78 is 14.8. The standard InChI is InChI=1S/C16H14FN3/c1-12-16(14-7-9-15(17)10-8-14)18-19-20(12)11-13-5-3-2-4-6-13/h2-10H,11H2,1H3. The molecule has 2 aromatic carbocycles. The minimum Gasteiger partial charge on any atom is -0.245 e. The zero-order valence-electron chi connectivity index (χ0n) is 11.1. The van der Waals surface area contributed by atoms with Crippen LogP contribution in [-0.4, -0.2) is 15.0 Å². The molecule has 0 aliphatic carbocycles. The molecule has 0 saturated carbocycles. The van der Waals surface area contributed by atoms with Crippen LogP contribution >= 0.6 is 0 Å². The van der Waals surface area contributed by atoms with Crippen LogP contribution in [0.4, 0.5) is 4.39 Å². The lowest BCUT2D eigenvalue weighted by atomic mass is 10.1. The first-order valence-electron chi connectivity index (χ1n) is 6.44. The lowest BCUT2D eigenvalue weighted by Crippen LogP contribution is -2.03. The summed E-state index contributed by atoms with van der Waals surface area (Å²) in [6.45, 7) is 2.66. The summed E-state index contributed by atoms with van der Waals surface area (Å²) >= 11 is 0. The molecule has 100 valence electrons. The Morgan fingerprint density at radius 3 is 2.40 bits per heavy atom. The van der Waals surface area contributed by atoms with E-state index in [1.54, 1.807) is 12.1 Å². The van der Waals surface area contributed by atoms with Gasteiger partial charge in [-0.1, -0.05) is 35.5 Å². The number of hydrogen-bond donors (Lipinski definition) is 0. The third-order valence-electron chi connectivity index (χ3n) is 3.28. The highest BCUT2D eigenvalue weighted by molar-refractivity contribution is 5.60. The largest absolute Gasteiger partial charge is 0.245 e. The van der Waals surface area contributed by atoms with Crippen LogP contribution in [0.2, 0.25) is 0 Å². The van der Waals surface area contributed by atoms with Gasteiger partial charge in [-0.3, -0.25) is 0 Å². The van der Waals surface area contributed by atoms with Crippen molar-refractivity contribution < 1.29 is 4.39 Å². The Labute approximate surface area is 116 Å². The van der Waals surface area contributed by atoms with Crippen LogP contribution in [0, 0.1) is 12.7 Å². The lowest BCUT2D eigenvalue weighted by molar-refractivity contribution is 0.628. The first-order valence-corrected chi connectivity index (χ1v) is 6.44. The van der Waals surface area contributed by atoms with Crippen LogP contribution in [0.1, 0.15) is 11.3 Å². The predicted octanol–water partition coefficient (Wildman–Crippen LogP) is 3.44. The van der Waals surface area contributed by atoms with Gasteiger partial charge in [0.05, 0.1) is 12.2 Å². The van der Waals surface area contributed by atoms with Gasteiger partial charge in [-0.15, -0.1) is 5.10 Å². The number of rotatable bonds is 3. The third kappa shape index (κ3) is 2.45. The molecular formula is C16H14FN3. The number of halogens is 1. The molecule has 0 unspecified atom stereocenters. The molecule has 0 aliphatic rings. The summed E-state index contributed by atoms with van der Waals surface area (Å²) in [5, 5.41) is 8.39. The van der Waals surface area contributed by atoms with E-state index in [0.29, 0.717) is 6.54 Å². The molecule has 3 aromatic rings. The van der Waals surface area contributed by atoms with Gasteiger partial charge in [0, 0.05) is 5.56 Å². The maximum atomic E-state index is 13.0. The molecule has 0 aliphatic heterocycles. The SMILES string of the molecule is Cc1c(-c2ccc(F)cc2)nnn1Cc1ccccc1. The Morgan fingerprint density at radius 2 is 1.70 bits per heavy atom. The van der Waals surface area contributed by atoms with Crippen molar-refractivity contribution in [1.82, 2.24) is 15.0 Å². The average Bonchev–Trinajstić information content (AvgIpc) is 2.83. The summed E-state index contributed by atoms with van der Waals surface area (Å²) in [6, 6.07) is 16.4. The van der Waals surface area contributed by atoms with Crippen molar-refractivity contribution in [3.8, 4) is 11.3 Å². The van der Waals surface area contributed by atoms with Crippen LogP contribution in [0.15, 0.2) is 54.6 Å². The van der Waals surface area contributed by atoms with Crippen molar-refractivity contribution in [2.75, 3.05) is 0 Å². The fourth-order valence-electron chi connectivity index (χ4n) is 2.14. The van der Waals surface area contributed by atoms with Crippen molar-refractivity contribution >= 4 is 0 Å². The maximum absolute atomic E-state index is 13.0. The topological polar surface area (TPSA) is 30.7 Å². The summed E-state index contributed by atoms with van der Waals surface area (Å²) in [5.74, 6) is -0.247. The molecule has 0 saturated heterocycles. The van der Waals surface area contributed by atoms with Crippen LogP contribution in [0.5, 0.6) is 0 Å². The van der Waals surface area contributed by atoms with E-state index in [9.17, 15) is 4.39 Å². The van der Waals surface area contributed by atoms with Gasteiger partial charge in [-0.05, 0) is 36.8 Å². The van der Waals surface area contributed by atoms with Crippen molar-refractivity contribution in [2.24, 2.45) is 0 Å². The zero-order valence-corrected chi connectivity index (χ0v) is 11.1. The van der Waals surface area contributed by atoms with Crippen molar-refractivity contribution in [3.63, 3.8) is 0 Å². The van der Waals surface area contributed by atoms with E-state index < -0.39 is 0 Å². The van der Waals surface area contributed by atoms with Gasteiger partial charge in [0.1, 0.15) is 11.5 Å². The molecule has 0 fully saturated rings. The Hall–Kier alpha value is -2.49. The Balaban J connectivity index is 1.91. The number of benzene rings is 2. The van der Waals surface area contributed by atoms with Gasteiger partial charge in [0.15, 0.2) is 0 Å². The van der Waals surface area contributed by atoms with Crippen LogP contribution in [-0.2, 0) is 6.54 Å². The summed E-state index contributed by atoms with van der Waals surface area (Å²) in [5.41, 5.74) is 3.82. The maximum Gasteiger partial charge on any atom is 0.123 e. The van der Waals surface area contributed by atoms with Gasteiger partial charge in [-0.25, -0.2) is 9.07 Å². The molecule has 20 heavy (non-hydrogen) atoms. The second-order valence-electron chi connectivity index (χ2n) is 4.67. The van der Waals surface area contributed by atoms with Crippen LogP contribution in [0.25, 0.3) is 11.3 Å². The first-order chi connectivity index (χ1) is 9.74. The normalized spacial score (nSPS) is 10.7. The van der Waals surface area contributed by atoms with Crippen molar-refractivity contribution in [3.05, 3.63) is 71.7 Å². The monoisotopic (exact) mass is 267 g/mol. The van der Waals surface area contributed by atoms with Gasteiger partial charge in [0.2, 0.25) is 0 Å². The van der Waals surface area contributed by atoms with E-state index in [2.05, 4.69) is 22.4 Å². The highest BCUT2D eigenvalue weighted by Crippen LogP contribution is 2.21. The van der Waals surface area contributed by atoms with Crippen molar-refractivity contribution in [2.45, 2.75) is 13.5 Å². The van der Waals surface area contributed by atoms with Gasteiger partial charge in [-0.2, -0.15) is 0 Å². The van der Waals surface area contributed by atoms with Gasteiger partial charge in [0.25, 0.3) is 0 Å². The van der Waals surface area contributed by atoms with E-state index in [1.165, 1.54) is 17.7 Å². The average molecular weight is 267 g/mol. The van der Waals surface area contributed by atoms with E-state index in [1.807, 2.05) is 29.8 Å². The van der Waals surface area contributed by atoms with Gasteiger partial charge < -0.3 is 0 Å². The van der Waals surface area contributed by atoms with Crippen LogP contribution in [0.3, 0.4) is 0 Å². The second kappa shape index (κ2) is 5.25. The minimum absolute atomic E-state index is 0.247. The fourth-order valence-corrected chi connectivity index (χ4v) is 2.14. The summed E-state index contributed by atoms with van der Waals surface area (Å²) in [6.07, 6.45) is 0. The number of aromatic nitrogens is 3. The molecule has 0 N–H and O–H groups in total. The second-order valence-corrected chi connectivity index (χ2v) is 4.67. The van der Waals surface area contributed by atoms with E-state index in [0.717, 1.165) is 17.0 Å². The smallest absolute Gasteiger partial charge is 0.123 e. The molecule has 0 radical (unpaired) electrons.